The fraction of sp³-hybridized carbons (Fsp3) is 0.0714. The molecule has 0 aromatic heterocycles. The average molecular weight is 373 g/mol. The highest BCUT2D eigenvalue weighted by Gasteiger charge is 2.22. The van der Waals surface area contributed by atoms with Crippen molar-refractivity contribution in [3.8, 4) is 11.1 Å². The summed E-state index contributed by atoms with van der Waals surface area (Å²) in [4.78, 5) is 2.41. The Labute approximate surface area is 172 Å². The zero-order chi connectivity index (χ0) is 19.8. The van der Waals surface area contributed by atoms with Gasteiger partial charge in [-0.05, 0) is 60.9 Å². The normalized spacial score (nSPS) is 12.3. The van der Waals surface area contributed by atoms with Crippen LogP contribution in [0.25, 0.3) is 23.3 Å². The highest BCUT2D eigenvalue weighted by molar-refractivity contribution is 5.97. The second-order valence-electron chi connectivity index (χ2n) is 7.68. The van der Waals surface area contributed by atoms with Crippen molar-refractivity contribution in [2.24, 2.45) is 0 Å². The van der Waals surface area contributed by atoms with E-state index in [0.29, 0.717) is 0 Å². The zero-order valence-corrected chi connectivity index (χ0v) is 16.8. The molecule has 0 radical (unpaired) electrons. The largest absolute Gasteiger partial charge is 0.309 e. The molecule has 0 aliphatic carbocycles. The van der Waals surface area contributed by atoms with Gasteiger partial charge in [0.2, 0.25) is 0 Å². The molecule has 140 valence electrons. The standard InChI is InChI=1S/C28H23N/c1-20-12-16-26-23(18-20)14-15-24-19-21(2)13-17-27(24)29(26)28-11-7-6-10-25(28)22-8-4-3-5-9-22/h3-19H,1-2H3. The van der Waals surface area contributed by atoms with Gasteiger partial charge in [0, 0.05) is 5.56 Å². The number of benzene rings is 4. The van der Waals surface area contributed by atoms with Crippen molar-refractivity contribution < 1.29 is 0 Å². The van der Waals surface area contributed by atoms with Crippen molar-refractivity contribution in [1.29, 1.82) is 0 Å². The summed E-state index contributed by atoms with van der Waals surface area (Å²) < 4.78 is 0. The first-order chi connectivity index (χ1) is 14.2. The third-order valence-corrected chi connectivity index (χ3v) is 5.52. The van der Waals surface area contributed by atoms with Crippen LogP contribution >= 0.6 is 0 Å². The number of aryl methyl sites for hydroxylation is 2. The van der Waals surface area contributed by atoms with Crippen LogP contribution in [0.4, 0.5) is 17.1 Å². The van der Waals surface area contributed by atoms with E-state index in [1.54, 1.807) is 0 Å². The molecule has 1 heteroatoms. The molecule has 0 amide bonds. The van der Waals surface area contributed by atoms with Crippen LogP contribution in [0.3, 0.4) is 0 Å². The van der Waals surface area contributed by atoms with Crippen LogP contribution in [0.15, 0.2) is 91.0 Å². The van der Waals surface area contributed by atoms with Crippen molar-refractivity contribution in [1.82, 2.24) is 0 Å². The summed E-state index contributed by atoms with van der Waals surface area (Å²) in [7, 11) is 0. The summed E-state index contributed by atoms with van der Waals surface area (Å²) in [5, 5.41) is 0. The number of hydrogen-bond donors (Lipinski definition) is 0. The highest BCUT2D eigenvalue weighted by atomic mass is 15.1. The minimum absolute atomic E-state index is 1.19. The Morgan fingerprint density at radius 2 is 1.07 bits per heavy atom. The van der Waals surface area contributed by atoms with Crippen molar-refractivity contribution in [2.45, 2.75) is 13.8 Å². The zero-order valence-electron chi connectivity index (χ0n) is 16.8. The first-order valence-electron chi connectivity index (χ1n) is 10.0. The smallest absolute Gasteiger partial charge is 0.0540 e. The first kappa shape index (κ1) is 17.5. The van der Waals surface area contributed by atoms with Crippen LogP contribution < -0.4 is 4.90 Å². The molecule has 29 heavy (non-hydrogen) atoms. The van der Waals surface area contributed by atoms with Crippen LogP contribution in [0, 0.1) is 13.8 Å². The topological polar surface area (TPSA) is 3.24 Å². The van der Waals surface area contributed by atoms with E-state index in [1.807, 2.05) is 0 Å². The fourth-order valence-electron chi connectivity index (χ4n) is 4.12. The maximum Gasteiger partial charge on any atom is 0.0540 e. The van der Waals surface area contributed by atoms with E-state index in [4.69, 9.17) is 0 Å². The number of para-hydroxylation sites is 1. The molecule has 1 nitrogen and oxygen atoms in total. The molecular weight excluding hydrogens is 350 g/mol. The fourth-order valence-corrected chi connectivity index (χ4v) is 4.12. The van der Waals surface area contributed by atoms with E-state index in [2.05, 4.69) is 122 Å². The van der Waals surface area contributed by atoms with Crippen LogP contribution in [0.5, 0.6) is 0 Å². The number of rotatable bonds is 2. The summed E-state index contributed by atoms with van der Waals surface area (Å²) >= 11 is 0. The van der Waals surface area contributed by atoms with E-state index in [-0.39, 0.29) is 0 Å². The van der Waals surface area contributed by atoms with E-state index in [1.165, 1.54) is 50.4 Å². The van der Waals surface area contributed by atoms with Gasteiger partial charge in [-0.1, -0.05) is 83.9 Å². The predicted molar refractivity (Wildman–Crippen MR) is 125 cm³/mol. The summed E-state index contributed by atoms with van der Waals surface area (Å²) in [6.45, 7) is 4.30. The molecular formula is C28H23N. The van der Waals surface area contributed by atoms with Crippen LogP contribution in [-0.4, -0.2) is 0 Å². The van der Waals surface area contributed by atoms with E-state index in [0.717, 1.165) is 0 Å². The molecule has 0 atom stereocenters. The molecule has 1 aliphatic heterocycles. The lowest BCUT2D eigenvalue weighted by Gasteiger charge is -2.29. The number of fused-ring (bicyclic) bond motifs is 2. The Morgan fingerprint density at radius 3 is 1.69 bits per heavy atom. The van der Waals surface area contributed by atoms with E-state index >= 15 is 0 Å². The third kappa shape index (κ3) is 3.15. The van der Waals surface area contributed by atoms with Crippen molar-refractivity contribution in [2.75, 3.05) is 4.90 Å². The molecule has 0 unspecified atom stereocenters. The molecule has 0 bridgehead atoms. The van der Waals surface area contributed by atoms with Gasteiger partial charge in [0.25, 0.3) is 0 Å². The maximum atomic E-state index is 2.41. The summed E-state index contributed by atoms with van der Waals surface area (Å²) in [5.41, 5.74) is 11.1. The monoisotopic (exact) mass is 373 g/mol. The van der Waals surface area contributed by atoms with Crippen LogP contribution in [0.1, 0.15) is 22.3 Å². The van der Waals surface area contributed by atoms with Crippen molar-refractivity contribution in [3.05, 3.63) is 113 Å². The third-order valence-electron chi connectivity index (χ3n) is 5.52. The molecule has 4 aromatic rings. The Balaban J connectivity index is 1.81. The summed E-state index contributed by atoms with van der Waals surface area (Å²) in [5.74, 6) is 0. The van der Waals surface area contributed by atoms with Gasteiger partial charge in [-0.15, -0.1) is 0 Å². The van der Waals surface area contributed by atoms with Gasteiger partial charge in [-0.2, -0.15) is 0 Å². The molecule has 0 saturated heterocycles. The van der Waals surface area contributed by atoms with Crippen LogP contribution in [0.2, 0.25) is 0 Å². The average Bonchev–Trinajstić information content (AvgIpc) is 2.90. The molecule has 5 rings (SSSR count). The molecule has 1 heterocycles. The van der Waals surface area contributed by atoms with Gasteiger partial charge in [-0.25, -0.2) is 0 Å². The quantitative estimate of drug-likeness (QED) is 0.304. The van der Waals surface area contributed by atoms with Crippen molar-refractivity contribution in [3.63, 3.8) is 0 Å². The van der Waals surface area contributed by atoms with Gasteiger partial charge in [-0.3, -0.25) is 0 Å². The molecule has 0 N–H and O–H groups in total. The number of nitrogens with zero attached hydrogens (tertiary/aromatic N) is 1. The lowest BCUT2D eigenvalue weighted by Crippen LogP contribution is -2.13. The highest BCUT2D eigenvalue weighted by Crippen LogP contribution is 2.45. The molecule has 1 aliphatic rings. The second kappa shape index (κ2) is 7.10. The Kier molecular flexibility index (Phi) is 4.29. The number of anilines is 3. The summed E-state index contributed by atoms with van der Waals surface area (Å²) in [6, 6.07) is 32.7. The van der Waals surface area contributed by atoms with E-state index in [9.17, 15) is 0 Å². The molecule has 0 spiro atoms. The Morgan fingerprint density at radius 1 is 0.517 bits per heavy atom. The molecule has 4 aromatic carbocycles. The van der Waals surface area contributed by atoms with Gasteiger partial charge < -0.3 is 4.90 Å². The number of hydrogen-bond acceptors (Lipinski definition) is 1. The summed E-state index contributed by atoms with van der Waals surface area (Å²) in [6.07, 6.45) is 4.48. The molecule has 0 saturated carbocycles. The predicted octanol–water partition coefficient (Wildman–Crippen LogP) is 7.92. The maximum absolute atomic E-state index is 2.41. The first-order valence-corrected chi connectivity index (χ1v) is 10.0. The lowest BCUT2D eigenvalue weighted by atomic mass is 10.0. The Hall–Kier alpha value is -3.58. The van der Waals surface area contributed by atoms with Crippen molar-refractivity contribution >= 4 is 29.2 Å². The minimum atomic E-state index is 1.19. The SMILES string of the molecule is Cc1ccc2c(c1)C=Cc1cc(C)ccc1N2c1ccccc1-c1ccccc1. The lowest BCUT2D eigenvalue weighted by molar-refractivity contribution is 1.26. The van der Waals surface area contributed by atoms with Crippen LogP contribution in [-0.2, 0) is 0 Å². The minimum Gasteiger partial charge on any atom is -0.309 e. The van der Waals surface area contributed by atoms with E-state index < -0.39 is 0 Å². The molecule has 0 fully saturated rings. The van der Waals surface area contributed by atoms with Gasteiger partial charge >= 0.3 is 0 Å². The van der Waals surface area contributed by atoms with Gasteiger partial charge in [0.05, 0.1) is 17.1 Å². The van der Waals surface area contributed by atoms with Gasteiger partial charge in [0.1, 0.15) is 0 Å². The van der Waals surface area contributed by atoms with Gasteiger partial charge in [0.15, 0.2) is 0 Å². The second-order valence-corrected chi connectivity index (χ2v) is 7.68. The Bertz CT molecular complexity index is 1160.